The fourth-order valence-corrected chi connectivity index (χ4v) is 2.89. The van der Waals surface area contributed by atoms with Gasteiger partial charge >= 0.3 is 0 Å². The summed E-state index contributed by atoms with van der Waals surface area (Å²) in [5.41, 5.74) is 2.45. The third-order valence-corrected chi connectivity index (χ3v) is 5.16. The molecule has 1 N–H and O–H groups in total. The first kappa shape index (κ1) is 20.0. The normalized spacial score (nSPS) is 11.7. The number of hydrogen-bond acceptors (Lipinski definition) is 3. The molecule has 0 heterocycles. The number of halogens is 1. The van der Waals surface area contributed by atoms with E-state index in [0.717, 1.165) is 12.2 Å². The van der Waals surface area contributed by atoms with Crippen molar-refractivity contribution in [1.82, 2.24) is 0 Å². The maximum absolute atomic E-state index is 10.1. The van der Waals surface area contributed by atoms with Crippen LogP contribution in [0.5, 0.6) is 17.2 Å². The van der Waals surface area contributed by atoms with Crippen molar-refractivity contribution >= 4 is 23.5 Å². The second-order valence-corrected chi connectivity index (χ2v) is 7.73. The second-order valence-electron chi connectivity index (χ2n) is 7.30. The largest absolute Gasteiger partial charge is 0.507 e. The van der Waals surface area contributed by atoms with Crippen LogP contribution in [0, 0.1) is 0 Å². The van der Waals surface area contributed by atoms with Crippen molar-refractivity contribution in [2.45, 2.75) is 32.6 Å². The topological polar surface area (TPSA) is 41.8 Å². The first-order valence-corrected chi connectivity index (χ1v) is 9.67. The predicted octanol–water partition coefficient (Wildman–Crippen LogP) is 7.28. The highest BCUT2D eigenvalue weighted by Crippen LogP contribution is 2.37. The maximum atomic E-state index is 10.1. The van der Waals surface area contributed by atoms with E-state index in [4.69, 9.17) is 16.3 Å². The van der Waals surface area contributed by atoms with Gasteiger partial charge in [0.25, 0.3) is 0 Å². The van der Waals surface area contributed by atoms with Crippen LogP contribution in [-0.4, -0.2) is 11.3 Å². The summed E-state index contributed by atoms with van der Waals surface area (Å²) < 4.78 is 6.05. The van der Waals surface area contributed by atoms with Crippen molar-refractivity contribution < 1.29 is 9.84 Å². The quantitative estimate of drug-likeness (QED) is 0.447. The number of phenolic OH excluding ortho intramolecular Hbond substituents is 1. The van der Waals surface area contributed by atoms with Crippen molar-refractivity contribution in [1.29, 1.82) is 0 Å². The fourth-order valence-electron chi connectivity index (χ4n) is 2.71. The van der Waals surface area contributed by atoms with E-state index in [0.29, 0.717) is 22.0 Å². The molecular formula is C24H24ClNO2. The van der Waals surface area contributed by atoms with E-state index in [2.05, 4.69) is 31.8 Å². The summed E-state index contributed by atoms with van der Waals surface area (Å²) in [4.78, 5) is 4.61. The van der Waals surface area contributed by atoms with Crippen LogP contribution in [0.25, 0.3) is 0 Å². The average Bonchev–Trinajstić information content (AvgIpc) is 2.70. The zero-order valence-corrected chi connectivity index (χ0v) is 17.1. The molecule has 0 aromatic heterocycles. The minimum absolute atomic E-state index is 0.0216. The Morgan fingerprint density at radius 3 is 2.50 bits per heavy atom. The van der Waals surface area contributed by atoms with E-state index in [9.17, 15) is 5.11 Å². The molecule has 0 spiro atoms. The molecule has 0 aliphatic heterocycles. The van der Waals surface area contributed by atoms with Gasteiger partial charge in [-0.15, -0.1) is 0 Å². The van der Waals surface area contributed by atoms with Crippen LogP contribution in [0.3, 0.4) is 0 Å². The van der Waals surface area contributed by atoms with Gasteiger partial charge in [-0.3, -0.25) is 4.99 Å². The molecule has 3 rings (SSSR count). The van der Waals surface area contributed by atoms with Gasteiger partial charge in [-0.25, -0.2) is 0 Å². The summed E-state index contributed by atoms with van der Waals surface area (Å²) in [7, 11) is 0. The summed E-state index contributed by atoms with van der Waals surface area (Å²) in [6.07, 6.45) is 2.61. The molecule has 0 saturated heterocycles. The van der Waals surface area contributed by atoms with Crippen LogP contribution in [0.2, 0.25) is 5.02 Å². The first-order chi connectivity index (χ1) is 13.4. The number of aromatic hydroxyl groups is 1. The molecule has 0 fully saturated rings. The number of phenols is 1. The summed E-state index contributed by atoms with van der Waals surface area (Å²) in [5, 5.41) is 10.6. The number of rotatable bonds is 6. The molecule has 28 heavy (non-hydrogen) atoms. The molecule has 3 aromatic rings. The van der Waals surface area contributed by atoms with Crippen molar-refractivity contribution in [3.8, 4) is 17.2 Å². The molecule has 0 aliphatic carbocycles. The summed E-state index contributed by atoms with van der Waals surface area (Å²) in [5.74, 6) is 1.52. The lowest BCUT2D eigenvalue weighted by molar-refractivity contribution is 0.474. The molecular weight excluding hydrogens is 370 g/mol. The Morgan fingerprint density at radius 1 is 1.04 bits per heavy atom. The minimum atomic E-state index is 0.0216. The lowest BCUT2D eigenvalue weighted by Crippen LogP contribution is -2.15. The van der Waals surface area contributed by atoms with Gasteiger partial charge in [0.15, 0.2) is 5.75 Å². The monoisotopic (exact) mass is 393 g/mol. The van der Waals surface area contributed by atoms with Gasteiger partial charge in [0.1, 0.15) is 17.2 Å². The van der Waals surface area contributed by atoms with Gasteiger partial charge in [-0.2, -0.15) is 0 Å². The first-order valence-electron chi connectivity index (χ1n) is 9.29. The third kappa shape index (κ3) is 4.73. The minimum Gasteiger partial charge on any atom is -0.507 e. The predicted molar refractivity (Wildman–Crippen MR) is 117 cm³/mol. The molecule has 144 valence electrons. The second kappa shape index (κ2) is 8.49. The smallest absolute Gasteiger partial charge is 0.153 e. The average molecular weight is 394 g/mol. The van der Waals surface area contributed by atoms with Crippen LogP contribution >= 0.6 is 11.6 Å². The van der Waals surface area contributed by atoms with Gasteiger partial charge in [0.2, 0.25) is 0 Å². The molecule has 0 radical (unpaired) electrons. The Balaban J connectivity index is 2.02. The van der Waals surface area contributed by atoms with Crippen LogP contribution in [0.1, 0.15) is 38.3 Å². The van der Waals surface area contributed by atoms with E-state index in [1.807, 2.05) is 42.5 Å². The molecule has 4 heteroatoms. The Morgan fingerprint density at radius 2 is 1.79 bits per heavy atom. The van der Waals surface area contributed by atoms with Gasteiger partial charge in [0, 0.05) is 16.8 Å². The zero-order chi connectivity index (χ0) is 20.1. The molecule has 0 saturated carbocycles. The number of hydrogen-bond donors (Lipinski definition) is 1. The molecule has 3 nitrogen and oxygen atoms in total. The molecule has 0 atom stereocenters. The van der Waals surface area contributed by atoms with E-state index in [1.165, 1.54) is 5.56 Å². The fraction of sp³-hybridized carbons (Fsp3) is 0.208. The van der Waals surface area contributed by atoms with Crippen molar-refractivity contribution in [2.75, 3.05) is 0 Å². The van der Waals surface area contributed by atoms with Crippen molar-refractivity contribution in [2.24, 2.45) is 4.99 Å². The van der Waals surface area contributed by atoms with E-state index in [1.54, 1.807) is 24.4 Å². The Hall–Kier alpha value is -2.78. The number of para-hydroxylation sites is 1. The highest BCUT2D eigenvalue weighted by Gasteiger charge is 2.19. The summed E-state index contributed by atoms with van der Waals surface area (Å²) in [6.45, 7) is 6.58. The summed E-state index contributed by atoms with van der Waals surface area (Å²) >= 11 is 6.04. The van der Waals surface area contributed by atoms with E-state index >= 15 is 0 Å². The molecule has 0 unspecified atom stereocenters. The van der Waals surface area contributed by atoms with E-state index < -0.39 is 0 Å². The molecule has 0 bridgehead atoms. The van der Waals surface area contributed by atoms with Gasteiger partial charge < -0.3 is 9.84 Å². The number of ether oxygens (including phenoxy) is 1. The highest BCUT2D eigenvalue weighted by atomic mass is 35.5. The Labute approximate surface area is 171 Å². The lowest BCUT2D eigenvalue weighted by atomic mass is 9.82. The van der Waals surface area contributed by atoms with Gasteiger partial charge in [-0.05, 0) is 59.9 Å². The zero-order valence-electron chi connectivity index (χ0n) is 16.3. The third-order valence-electron chi connectivity index (χ3n) is 4.93. The standard InChI is InChI=1S/C24H24ClNO2/c1-4-24(2,3)18-10-13-23(28-20-8-6-5-7-9-20)21(15-18)26-16-17-14-19(25)11-12-22(17)27/h5-16,27H,4H2,1-3H3. The van der Waals surface area contributed by atoms with Crippen LogP contribution in [0.4, 0.5) is 5.69 Å². The van der Waals surface area contributed by atoms with Crippen molar-refractivity contribution in [3.05, 3.63) is 82.9 Å². The van der Waals surface area contributed by atoms with Crippen molar-refractivity contribution in [3.63, 3.8) is 0 Å². The molecule has 3 aromatic carbocycles. The molecule has 0 amide bonds. The summed E-state index contributed by atoms with van der Waals surface area (Å²) in [6, 6.07) is 20.6. The SMILES string of the molecule is CCC(C)(C)c1ccc(Oc2ccccc2)c(N=Cc2cc(Cl)ccc2O)c1. The molecule has 0 aliphatic rings. The highest BCUT2D eigenvalue weighted by molar-refractivity contribution is 6.30. The van der Waals surface area contributed by atoms with Crippen LogP contribution < -0.4 is 4.74 Å². The van der Waals surface area contributed by atoms with Gasteiger partial charge in [-0.1, -0.05) is 56.6 Å². The number of benzene rings is 3. The van der Waals surface area contributed by atoms with Crippen LogP contribution in [-0.2, 0) is 5.41 Å². The number of aliphatic imine (C=N–C) groups is 1. The van der Waals surface area contributed by atoms with E-state index in [-0.39, 0.29) is 11.2 Å². The Kier molecular flexibility index (Phi) is 6.05. The van der Waals surface area contributed by atoms with Crippen LogP contribution in [0.15, 0.2) is 71.7 Å². The maximum Gasteiger partial charge on any atom is 0.153 e. The van der Waals surface area contributed by atoms with Gasteiger partial charge in [0.05, 0.1) is 0 Å². The Bertz CT molecular complexity index is 981. The number of nitrogens with zero attached hydrogens (tertiary/aromatic N) is 1. The lowest BCUT2D eigenvalue weighted by Gasteiger charge is -2.24.